The second-order valence-corrected chi connectivity index (χ2v) is 5.03. The van der Waals surface area contributed by atoms with Crippen LogP contribution in [0.15, 0.2) is 59.9 Å². The lowest BCUT2D eigenvalue weighted by Gasteiger charge is -2.16. The number of pyridine rings is 2. The highest BCUT2D eigenvalue weighted by Gasteiger charge is 2.20. The molecule has 21 heavy (non-hydrogen) atoms. The van der Waals surface area contributed by atoms with Crippen LogP contribution in [0.2, 0.25) is 0 Å². The van der Waals surface area contributed by atoms with E-state index in [9.17, 15) is 4.79 Å². The summed E-state index contributed by atoms with van der Waals surface area (Å²) in [4.78, 5) is 21.1. The van der Waals surface area contributed by atoms with Crippen LogP contribution in [0.25, 0.3) is 12.2 Å². The van der Waals surface area contributed by atoms with Crippen molar-refractivity contribution in [2.75, 3.05) is 0 Å². The standard InChI is InChI=1S/C18H16N2O/c21-18-14(12-16-8-1-3-10-19-16)6-5-7-15(18)13-17-9-2-4-11-20-17/h1-4,8-13H,5-7H2/b14-12+,15-13+. The Bertz CT molecular complexity index is 628. The summed E-state index contributed by atoms with van der Waals surface area (Å²) in [7, 11) is 0. The summed E-state index contributed by atoms with van der Waals surface area (Å²) in [5, 5.41) is 0. The van der Waals surface area contributed by atoms with Gasteiger partial charge in [0, 0.05) is 23.5 Å². The van der Waals surface area contributed by atoms with Gasteiger partial charge in [0.25, 0.3) is 0 Å². The van der Waals surface area contributed by atoms with Gasteiger partial charge in [-0.25, -0.2) is 0 Å². The Balaban J connectivity index is 1.88. The highest BCUT2D eigenvalue weighted by Crippen LogP contribution is 2.27. The maximum Gasteiger partial charge on any atom is 0.185 e. The third kappa shape index (κ3) is 3.31. The third-order valence-corrected chi connectivity index (χ3v) is 3.50. The summed E-state index contributed by atoms with van der Waals surface area (Å²) in [5.74, 6) is 0.123. The van der Waals surface area contributed by atoms with Crippen LogP contribution >= 0.6 is 0 Å². The first kappa shape index (κ1) is 13.4. The van der Waals surface area contributed by atoms with Crippen LogP contribution in [0.1, 0.15) is 30.7 Å². The average molecular weight is 276 g/mol. The number of aromatic nitrogens is 2. The molecular formula is C18H16N2O. The molecule has 0 amide bonds. The Labute approximate surface area is 124 Å². The molecular weight excluding hydrogens is 260 g/mol. The zero-order chi connectivity index (χ0) is 14.5. The first-order valence-corrected chi connectivity index (χ1v) is 7.11. The van der Waals surface area contributed by atoms with Crippen molar-refractivity contribution in [3.05, 3.63) is 71.3 Å². The van der Waals surface area contributed by atoms with Crippen molar-refractivity contribution in [2.45, 2.75) is 19.3 Å². The molecule has 3 heteroatoms. The number of ketones is 1. The minimum Gasteiger partial charge on any atom is -0.289 e. The summed E-state index contributed by atoms with van der Waals surface area (Å²) in [6.07, 6.45) is 9.89. The van der Waals surface area contributed by atoms with Gasteiger partial charge in [0.05, 0.1) is 11.4 Å². The van der Waals surface area contributed by atoms with Gasteiger partial charge in [-0.3, -0.25) is 14.8 Å². The predicted molar refractivity (Wildman–Crippen MR) is 83.3 cm³/mol. The minimum atomic E-state index is 0.123. The molecule has 0 aromatic carbocycles. The molecule has 0 aliphatic heterocycles. The number of hydrogen-bond acceptors (Lipinski definition) is 3. The van der Waals surface area contributed by atoms with Crippen molar-refractivity contribution in [1.29, 1.82) is 0 Å². The second kappa shape index (κ2) is 6.27. The van der Waals surface area contributed by atoms with Gasteiger partial charge in [-0.1, -0.05) is 12.1 Å². The Kier molecular flexibility index (Phi) is 4.01. The van der Waals surface area contributed by atoms with Crippen molar-refractivity contribution in [2.24, 2.45) is 0 Å². The zero-order valence-corrected chi connectivity index (χ0v) is 11.7. The lowest BCUT2D eigenvalue weighted by Crippen LogP contribution is -2.12. The Morgan fingerprint density at radius 1 is 0.810 bits per heavy atom. The number of nitrogens with zero attached hydrogens (tertiary/aromatic N) is 2. The SMILES string of the molecule is O=C1/C(=C/c2ccccn2)CCC/C1=C\c1ccccn1. The molecule has 1 aliphatic carbocycles. The molecule has 0 N–H and O–H groups in total. The van der Waals surface area contributed by atoms with Crippen LogP contribution in [0.5, 0.6) is 0 Å². The maximum atomic E-state index is 12.5. The molecule has 0 saturated heterocycles. The quantitative estimate of drug-likeness (QED) is 0.785. The fraction of sp³-hybridized carbons (Fsp3) is 0.167. The molecule has 3 rings (SSSR count). The number of allylic oxidation sites excluding steroid dienone is 2. The van der Waals surface area contributed by atoms with Gasteiger partial charge in [0.1, 0.15) is 0 Å². The van der Waals surface area contributed by atoms with Crippen LogP contribution < -0.4 is 0 Å². The van der Waals surface area contributed by atoms with Gasteiger partial charge in [-0.15, -0.1) is 0 Å². The summed E-state index contributed by atoms with van der Waals surface area (Å²) in [5.41, 5.74) is 3.34. The summed E-state index contributed by atoms with van der Waals surface area (Å²) in [6, 6.07) is 11.4. The van der Waals surface area contributed by atoms with Crippen molar-refractivity contribution in [3.8, 4) is 0 Å². The topological polar surface area (TPSA) is 42.9 Å². The largest absolute Gasteiger partial charge is 0.289 e. The van der Waals surface area contributed by atoms with Crippen molar-refractivity contribution >= 4 is 17.9 Å². The van der Waals surface area contributed by atoms with Crippen molar-refractivity contribution in [1.82, 2.24) is 9.97 Å². The lowest BCUT2D eigenvalue weighted by atomic mass is 9.87. The highest BCUT2D eigenvalue weighted by molar-refractivity contribution is 6.13. The van der Waals surface area contributed by atoms with Gasteiger partial charge >= 0.3 is 0 Å². The predicted octanol–water partition coefficient (Wildman–Crippen LogP) is 3.70. The molecule has 0 radical (unpaired) electrons. The number of hydrogen-bond donors (Lipinski definition) is 0. The van der Waals surface area contributed by atoms with E-state index in [-0.39, 0.29) is 5.78 Å². The average Bonchev–Trinajstić information content (AvgIpc) is 2.53. The second-order valence-electron chi connectivity index (χ2n) is 5.03. The zero-order valence-electron chi connectivity index (χ0n) is 11.7. The van der Waals surface area contributed by atoms with Crippen LogP contribution in [0.3, 0.4) is 0 Å². The van der Waals surface area contributed by atoms with Gasteiger partial charge < -0.3 is 0 Å². The van der Waals surface area contributed by atoms with Crippen LogP contribution in [-0.4, -0.2) is 15.8 Å². The minimum absolute atomic E-state index is 0.123. The van der Waals surface area contributed by atoms with E-state index >= 15 is 0 Å². The summed E-state index contributed by atoms with van der Waals surface area (Å²) >= 11 is 0. The van der Waals surface area contributed by atoms with E-state index in [1.54, 1.807) is 12.4 Å². The van der Waals surface area contributed by atoms with Crippen LogP contribution in [0.4, 0.5) is 0 Å². The van der Waals surface area contributed by atoms with Gasteiger partial charge in [0.2, 0.25) is 0 Å². The summed E-state index contributed by atoms with van der Waals surface area (Å²) < 4.78 is 0. The van der Waals surface area contributed by atoms with E-state index in [1.165, 1.54) is 0 Å². The number of carbonyl (C=O) groups excluding carboxylic acids is 1. The summed E-state index contributed by atoms with van der Waals surface area (Å²) in [6.45, 7) is 0. The third-order valence-electron chi connectivity index (χ3n) is 3.50. The lowest BCUT2D eigenvalue weighted by molar-refractivity contribution is -0.112. The maximum absolute atomic E-state index is 12.5. The molecule has 2 aromatic rings. The Hall–Kier alpha value is -2.55. The first-order valence-electron chi connectivity index (χ1n) is 7.11. The molecule has 3 nitrogen and oxygen atoms in total. The molecule has 0 bridgehead atoms. The molecule has 0 spiro atoms. The molecule has 1 fully saturated rings. The monoisotopic (exact) mass is 276 g/mol. The smallest absolute Gasteiger partial charge is 0.185 e. The molecule has 1 aliphatic rings. The Morgan fingerprint density at radius 3 is 1.76 bits per heavy atom. The van der Waals surface area contributed by atoms with E-state index in [1.807, 2.05) is 48.6 Å². The van der Waals surface area contributed by atoms with E-state index in [2.05, 4.69) is 9.97 Å². The molecule has 2 aromatic heterocycles. The molecule has 2 heterocycles. The number of carbonyl (C=O) groups is 1. The fourth-order valence-electron chi connectivity index (χ4n) is 2.46. The van der Waals surface area contributed by atoms with Crippen LogP contribution in [-0.2, 0) is 4.79 Å². The molecule has 0 unspecified atom stereocenters. The van der Waals surface area contributed by atoms with E-state index in [4.69, 9.17) is 0 Å². The van der Waals surface area contributed by atoms with E-state index in [0.29, 0.717) is 0 Å². The molecule has 1 saturated carbocycles. The number of Topliss-reactive ketones (excluding diaryl/α,β-unsaturated/α-hetero) is 1. The normalized spacial score (nSPS) is 19.1. The molecule has 0 atom stereocenters. The molecule has 104 valence electrons. The first-order chi connectivity index (χ1) is 10.3. The van der Waals surface area contributed by atoms with Crippen LogP contribution in [0, 0.1) is 0 Å². The van der Waals surface area contributed by atoms with Gasteiger partial charge in [-0.05, 0) is 55.7 Å². The van der Waals surface area contributed by atoms with Gasteiger partial charge in [0.15, 0.2) is 5.78 Å². The fourth-order valence-corrected chi connectivity index (χ4v) is 2.46. The van der Waals surface area contributed by atoms with Crippen molar-refractivity contribution in [3.63, 3.8) is 0 Å². The van der Waals surface area contributed by atoms with Crippen molar-refractivity contribution < 1.29 is 4.79 Å². The highest BCUT2D eigenvalue weighted by atomic mass is 16.1. The number of rotatable bonds is 2. The Morgan fingerprint density at radius 2 is 1.33 bits per heavy atom. The van der Waals surface area contributed by atoms with E-state index in [0.717, 1.165) is 41.8 Å². The van der Waals surface area contributed by atoms with Gasteiger partial charge in [-0.2, -0.15) is 0 Å². The van der Waals surface area contributed by atoms with E-state index < -0.39 is 0 Å².